The number of carbonyl (C=O) groups excluding carboxylic acids is 1. The van der Waals surface area contributed by atoms with Gasteiger partial charge in [0.2, 0.25) is 10.0 Å². The molecule has 0 bridgehead atoms. The molecule has 3 heterocycles. The number of fused-ring (bicyclic) bond motifs is 1. The zero-order valence-corrected chi connectivity index (χ0v) is 13.4. The molecular weight excluding hydrogens is 326 g/mol. The Kier molecular flexibility index (Phi) is 3.94. The number of hydrogen-bond acceptors (Lipinski definition) is 7. The summed E-state index contributed by atoms with van der Waals surface area (Å²) in [5.74, 6) is -0.644. The van der Waals surface area contributed by atoms with Crippen LogP contribution in [-0.4, -0.2) is 42.3 Å². The van der Waals surface area contributed by atoms with E-state index in [9.17, 15) is 13.2 Å². The van der Waals surface area contributed by atoms with Gasteiger partial charge in [-0.15, -0.1) is 11.3 Å². The summed E-state index contributed by atoms with van der Waals surface area (Å²) in [6.45, 7) is 0.526. The van der Waals surface area contributed by atoms with Crippen molar-refractivity contribution in [3.8, 4) is 0 Å². The minimum atomic E-state index is -3.76. The van der Waals surface area contributed by atoms with E-state index in [0.717, 1.165) is 22.6 Å². The highest BCUT2D eigenvalue weighted by Crippen LogP contribution is 2.29. The summed E-state index contributed by atoms with van der Waals surface area (Å²) < 4.78 is 31.5. The van der Waals surface area contributed by atoms with Gasteiger partial charge in [-0.3, -0.25) is 0 Å². The van der Waals surface area contributed by atoms with E-state index in [-0.39, 0.29) is 16.3 Å². The molecule has 116 valence electrons. The van der Waals surface area contributed by atoms with E-state index < -0.39 is 16.0 Å². The molecule has 2 aromatic rings. The maximum absolute atomic E-state index is 12.8. The highest BCUT2D eigenvalue weighted by Gasteiger charge is 2.33. The SMILES string of the molecule is COC(=O)c1sccc1S(=O)(=O)N1CCc2ncncc2C1. The number of sulfonamides is 1. The Morgan fingerprint density at radius 2 is 2.27 bits per heavy atom. The van der Waals surface area contributed by atoms with Crippen LogP contribution in [0, 0.1) is 0 Å². The third kappa shape index (κ3) is 2.51. The van der Waals surface area contributed by atoms with Crippen molar-refractivity contribution in [2.24, 2.45) is 0 Å². The molecule has 0 saturated carbocycles. The first-order valence-corrected chi connectivity index (χ1v) is 8.79. The Labute approximate surface area is 131 Å². The molecule has 0 N–H and O–H groups in total. The molecule has 1 aliphatic heterocycles. The standard InChI is InChI=1S/C13H13N3O4S2/c1-20-13(17)12-11(3-5-21-12)22(18,19)16-4-2-10-9(7-16)6-14-8-15-10/h3,5-6,8H,2,4,7H2,1H3. The van der Waals surface area contributed by atoms with E-state index in [0.29, 0.717) is 13.0 Å². The van der Waals surface area contributed by atoms with Gasteiger partial charge in [-0.2, -0.15) is 4.31 Å². The molecule has 7 nitrogen and oxygen atoms in total. The quantitative estimate of drug-likeness (QED) is 0.777. The molecule has 0 spiro atoms. The zero-order valence-electron chi connectivity index (χ0n) is 11.7. The first-order chi connectivity index (χ1) is 10.5. The van der Waals surface area contributed by atoms with Crippen LogP contribution in [0.5, 0.6) is 0 Å². The predicted octanol–water partition coefficient (Wildman–Crippen LogP) is 1.07. The van der Waals surface area contributed by atoms with Gasteiger partial charge >= 0.3 is 5.97 Å². The molecule has 0 fully saturated rings. The van der Waals surface area contributed by atoms with Crippen molar-refractivity contribution in [2.45, 2.75) is 17.9 Å². The summed E-state index contributed by atoms with van der Waals surface area (Å²) in [6.07, 6.45) is 3.60. The second kappa shape index (κ2) is 5.75. The van der Waals surface area contributed by atoms with Gasteiger partial charge in [0, 0.05) is 37.0 Å². The smallest absolute Gasteiger partial charge is 0.349 e. The van der Waals surface area contributed by atoms with Crippen LogP contribution in [0.15, 0.2) is 28.9 Å². The summed E-state index contributed by atoms with van der Waals surface area (Å²) in [7, 11) is -2.53. The van der Waals surface area contributed by atoms with Gasteiger partial charge in [0.05, 0.1) is 7.11 Å². The normalized spacial score (nSPS) is 15.3. The minimum Gasteiger partial charge on any atom is -0.465 e. The Morgan fingerprint density at radius 1 is 1.45 bits per heavy atom. The van der Waals surface area contributed by atoms with Crippen LogP contribution in [0.3, 0.4) is 0 Å². The Bertz CT molecular complexity index is 816. The van der Waals surface area contributed by atoms with Crippen molar-refractivity contribution in [1.82, 2.24) is 14.3 Å². The van der Waals surface area contributed by atoms with Crippen LogP contribution in [0.2, 0.25) is 0 Å². The van der Waals surface area contributed by atoms with E-state index >= 15 is 0 Å². The molecule has 1 aliphatic rings. The number of thiophene rings is 1. The number of nitrogens with zero attached hydrogens (tertiary/aromatic N) is 3. The van der Waals surface area contributed by atoms with Gasteiger partial charge in [-0.05, 0) is 11.4 Å². The topological polar surface area (TPSA) is 89.5 Å². The summed E-state index contributed by atoms with van der Waals surface area (Å²) in [4.78, 5) is 19.9. The van der Waals surface area contributed by atoms with Gasteiger partial charge in [0.15, 0.2) is 0 Å². The van der Waals surface area contributed by atoms with E-state index in [4.69, 9.17) is 0 Å². The third-order valence-corrected chi connectivity index (χ3v) is 6.35. The average molecular weight is 339 g/mol. The molecule has 0 atom stereocenters. The minimum absolute atomic E-state index is 0.00958. The molecule has 0 aliphatic carbocycles. The van der Waals surface area contributed by atoms with Gasteiger partial charge in [0.25, 0.3) is 0 Å². The lowest BCUT2D eigenvalue weighted by molar-refractivity contribution is 0.0602. The summed E-state index contributed by atoms with van der Waals surface area (Å²) >= 11 is 1.05. The lowest BCUT2D eigenvalue weighted by atomic mass is 10.1. The van der Waals surface area contributed by atoms with Crippen molar-refractivity contribution in [2.75, 3.05) is 13.7 Å². The molecule has 0 saturated heterocycles. The number of ether oxygens (including phenoxy) is 1. The fourth-order valence-corrected chi connectivity index (χ4v) is 5.05. The lowest BCUT2D eigenvalue weighted by Crippen LogP contribution is -2.36. The number of carbonyl (C=O) groups is 1. The van der Waals surface area contributed by atoms with Crippen molar-refractivity contribution >= 4 is 27.3 Å². The highest BCUT2D eigenvalue weighted by atomic mass is 32.2. The maximum atomic E-state index is 12.8. The first-order valence-electron chi connectivity index (χ1n) is 6.47. The maximum Gasteiger partial charge on any atom is 0.349 e. The summed E-state index contributed by atoms with van der Waals surface area (Å²) in [5.41, 5.74) is 1.65. The fourth-order valence-electron chi connectivity index (χ4n) is 2.33. The van der Waals surface area contributed by atoms with Crippen LogP contribution in [0.25, 0.3) is 0 Å². The fraction of sp³-hybridized carbons (Fsp3) is 0.308. The number of esters is 1. The number of hydrogen-bond donors (Lipinski definition) is 0. The number of aromatic nitrogens is 2. The Hall–Kier alpha value is -1.84. The van der Waals surface area contributed by atoms with E-state index in [1.165, 1.54) is 23.8 Å². The third-order valence-electron chi connectivity index (χ3n) is 3.44. The molecule has 0 radical (unpaired) electrons. The van der Waals surface area contributed by atoms with Gasteiger partial charge in [0.1, 0.15) is 16.1 Å². The van der Waals surface area contributed by atoms with Crippen LogP contribution >= 0.6 is 11.3 Å². The van der Waals surface area contributed by atoms with Crippen LogP contribution in [-0.2, 0) is 27.7 Å². The van der Waals surface area contributed by atoms with Crippen molar-refractivity contribution in [1.29, 1.82) is 0 Å². The predicted molar refractivity (Wildman–Crippen MR) is 79.0 cm³/mol. The molecule has 2 aromatic heterocycles. The van der Waals surface area contributed by atoms with Crippen molar-refractivity contribution in [3.05, 3.63) is 40.1 Å². The van der Waals surface area contributed by atoms with Gasteiger partial charge in [-0.25, -0.2) is 23.2 Å². The molecule has 0 aromatic carbocycles. The monoisotopic (exact) mass is 339 g/mol. The lowest BCUT2D eigenvalue weighted by Gasteiger charge is -2.26. The second-order valence-corrected chi connectivity index (χ2v) is 7.51. The summed E-state index contributed by atoms with van der Waals surface area (Å²) in [6, 6.07) is 1.43. The first kappa shape index (κ1) is 15.1. The van der Waals surface area contributed by atoms with Gasteiger partial charge < -0.3 is 4.74 Å². The molecule has 0 amide bonds. The second-order valence-electron chi connectivity index (χ2n) is 4.69. The molecule has 22 heavy (non-hydrogen) atoms. The molecule has 3 rings (SSSR count). The molecule has 9 heteroatoms. The number of methoxy groups -OCH3 is 1. The Morgan fingerprint density at radius 3 is 3.05 bits per heavy atom. The van der Waals surface area contributed by atoms with Crippen LogP contribution < -0.4 is 0 Å². The largest absolute Gasteiger partial charge is 0.465 e. The van der Waals surface area contributed by atoms with E-state index in [2.05, 4.69) is 14.7 Å². The molecule has 0 unspecified atom stereocenters. The van der Waals surface area contributed by atoms with Crippen molar-refractivity contribution in [3.63, 3.8) is 0 Å². The van der Waals surface area contributed by atoms with Crippen LogP contribution in [0.4, 0.5) is 0 Å². The Balaban J connectivity index is 1.95. The average Bonchev–Trinajstić information content (AvgIpc) is 3.04. The summed E-state index contributed by atoms with van der Waals surface area (Å²) in [5, 5.41) is 1.57. The van der Waals surface area contributed by atoms with E-state index in [1.807, 2.05) is 0 Å². The van der Waals surface area contributed by atoms with Crippen molar-refractivity contribution < 1.29 is 17.9 Å². The van der Waals surface area contributed by atoms with Crippen LogP contribution in [0.1, 0.15) is 20.9 Å². The zero-order chi connectivity index (χ0) is 15.7. The number of rotatable bonds is 3. The van der Waals surface area contributed by atoms with E-state index in [1.54, 1.807) is 11.6 Å². The molecular formula is C13H13N3O4S2. The van der Waals surface area contributed by atoms with Gasteiger partial charge in [-0.1, -0.05) is 0 Å². The highest BCUT2D eigenvalue weighted by molar-refractivity contribution is 7.89.